The first-order valence-corrected chi connectivity index (χ1v) is 10.0. The molecule has 0 amide bonds. The van der Waals surface area contributed by atoms with Gasteiger partial charge in [-0.05, 0) is 62.3 Å². The van der Waals surface area contributed by atoms with E-state index >= 15 is 0 Å². The van der Waals surface area contributed by atoms with Crippen LogP contribution in [-0.4, -0.2) is 53.0 Å². The first kappa shape index (κ1) is 22.4. The number of benzene rings is 2. The summed E-state index contributed by atoms with van der Waals surface area (Å²) in [6.45, 7) is 2.77. The third-order valence-electron chi connectivity index (χ3n) is 5.02. The van der Waals surface area contributed by atoms with Gasteiger partial charge in [-0.25, -0.2) is 4.79 Å². The van der Waals surface area contributed by atoms with Crippen molar-refractivity contribution in [2.75, 3.05) is 41.2 Å². The van der Waals surface area contributed by atoms with Crippen LogP contribution in [0.2, 0.25) is 0 Å². The van der Waals surface area contributed by atoms with Crippen LogP contribution in [0.4, 0.5) is 0 Å². The second kappa shape index (κ2) is 10.2. The van der Waals surface area contributed by atoms with Crippen LogP contribution in [0.15, 0.2) is 24.3 Å². The highest BCUT2D eigenvalue weighted by Crippen LogP contribution is 2.37. The van der Waals surface area contributed by atoms with Gasteiger partial charge in [0.05, 0.1) is 20.8 Å². The van der Waals surface area contributed by atoms with Gasteiger partial charge in [-0.1, -0.05) is 0 Å². The van der Waals surface area contributed by atoms with Gasteiger partial charge in [0.25, 0.3) is 0 Å². The summed E-state index contributed by atoms with van der Waals surface area (Å²) in [5.41, 5.74) is 2.07. The van der Waals surface area contributed by atoms with Crippen molar-refractivity contribution in [1.82, 2.24) is 5.32 Å². The third kappa shape index (κ3) is 4.74. The molecule has 0 spiro atoms. The lowest BCUT2D eigenvalue weighted by Gasteiger charge is -2.16. The molecule has 0 atom stereocenters. The number of carbonyl (C=O) groups is 2. The zero-order valence-corrected chi connectivity index (χ0v) is 18.2. The molecule has 2 aromatic rings. The van der Waals surface area contributed by atoms with E-state index in [2.05, 4.69) is 5.32 Å². The zero-order valence-electron chi connectivity index (χ0n) is 18.2. The fourth-order valence-electron chi connectivity index (χ4n) is 3.52. The molecule has 0 unspecified atom stereocenters. The topological polar surface area (TPSA) is 92.3 Å². The van der Waals surface area contributed by atoms with Gasteiger partial charge in [-0.3, -0.25) is 4.79 Å². The lowest BCUT2D eigenvalue weighted by atomic mass is 9.93. The molecular formula is C23H27NO7. The van der Waals surface area contributed by atoms with Gasteiger partial charge in [-0.15, -0.1) is 0 Å². The smallest absolute Gasteiger partial charge is 0.342 e. The van der Waals surface area contributed by atoms with E-state index in [4.69, 9.17) is 23.7 Å². The number of likely N-dealkylation sites (N-methyl/N-ethyl adjacent to an activating group) is 1. The van der Waals surface area contributed by atoms with Crippen LogP contribution in [0, 0.1) is 0 Å². The molecule has 0 aliphatic carbocycles. The first-order chi connectivity index (χ1) is 15.0. The molecule has 1 heterocycles. The molecule has 31 heavy (non-hydrogen) atoms. The minimum atomic E-state index is -0.636. The Morgan fingerprint density at radius 2 is 1.77 bits per heavy atom. The zero-order chi connectivity index (χ0) is 22.4. The van der Waals surface area contributed by atoms with Gasteiger partial charge in [0, 0.05) is 12.0 Å². The van der Waals surface area contributed by atoms with Gasteiger partial charge in [-0.2, -0.15) is 0 Å². The molecule has 1 aliphatic heterocycles. The van der Waals surface area contributed by atoms with Gasteiger partial charge in [0.2, 0.25) is 6.79 Å². The molecule has 0 fully saturated rings. The van der Waals surface area contributed by atoms with Crippen LogP contribution in [0.3, 0.4) is 0 Å². The lowest BCUT2D eigenvalue weighted by Crippen LogP contribution is -2.17. The molecule has 0 aromatic heterocycles. The van der Waals surface area contributed by atoms with Gasteiger partial charge < -0.3 is 29.0 Å². The Hall–Kier alpha value is -3.26. The maximum Gasteiger partial charge on any atom is 0.342 e. The lowest BCUT2D eigenvalue weighted by molar-refractivity contribution is 0.0518. The molecule has 1 N–H and O–H groups in total. The Balaban J connectivity index is 2.01. The van der Waals surface area contributed by atoms with E-state index in [1.165, 1.54) is 14.2 Å². The average molecular weight is 429 g/mol. The Kier molecular flexibility index (Phi) is 7.36. The fourth-order valence-corrected chi connectivity index (χ4v) is 3.52. The van der Waals surface area contributed by atoms with E-state index in [9.17, 15) is 9.59 Å². The monoisotopic (exact) mass is 429 g/mol. The minimum Gasteiger partial charge on any atom is -0.493 e. The molecule has 0 bridgehead atoms. The summed E-state index contributed by atoms with van der Waals surface area (Å²) in [5, 5.41) is 3.11. The van der Waals surface area contributed by atoms with Crippen molar-refractivity contribution in [3.05, 3.63) is 46.5 Å². The van der Waals surface area contributed by atoms with Crippen molar-refractivity contribution in [2.24, 2.45) is 0 Å². The summed E-state index contributed by atoms with van der Waals surface area (Å²) >= 11 is 0. The fraction of sp³-hybridized carbons (Fsp3) is 0.391. The largest absolute Gasteiger partial charge is 0.493 e. The Morgan fingerprint density at radius 1 is 1.06 bits per heavy atom. The van der Waals surface area contributed by atoms with Gasteiger partial charge >= 0.3 is 5.97 Å². The molecule has 3 rings (SSSR count). The number of hydrogen-bond donors (Lipinski definition) is 1. The maximum atomic E-state index is 13.3. The van der Waals surface area contributed by atoms with Crippen molar-refractivity contribution in [2.45, 2.75) is 19.8 Å². The summed E-state index contributed by atoms with van der Waals surface area (Å²) in [4.78, 5) is 26.0. The van der Waals surface area contributed by atoms with Crippen LogP contribution in [0.1, 0.15) is 38.8 Å². The summed E-state index contributed by atoms with van der Waals surface area (Å²) in [6.07, 6.45) is 0.796. The number of Topliss-reactive ketones (excluding diaryl/α,β-unsaturated/α-hetero) is 1. The first-order valence-electron chi connectivity index (χ1n) is 10.0. The van der Waals surface area contributed by atoms with Crippen LogP contribution in [0.25, 0.3) is 0 Å². The number of ketones is 1. The third-order valence-corrected chi connectivity index (χ3v) is 5.02. The molecular weight excluding hydrogens is 402 g/mol. The number of fused-ring (bicyclic) bond motifs is 1. The van der Waals surface area contributed by atoms with E-state index in [-0.39, 0.29) is 42.5 Å². The molecule has 8 nitrogen and oxygen atoms in total. The van der Waals surface area contributed by atoms with Crippen molar-refractivity contribution in [3.8, 4) is 23.0 Å². The average Bonchev–Trinajstić information content (AvgIpc) is 3.23. The number of hydrogen-bond acceptors (Lipinski definition) is 8. The van der Waals surface area contributed by atoms with Crippen molar-refractivity contribution >= 4 is 11.8 Å². The number of rotatable bonds is 10. The SMILES string of the molecule is CCOC(=O)c1c(C(=O)Cc2cc3c(cc2CCNC)OCO3)ccc(OC)c1OC. The predicted octanol–water partition coefficient (Wildman–Crippen LogP) is 2.80. The number of nitrogens with one attached hydrogen (secondary N) is 1. The molecule has 166 valence electrons. The Labute approximate surface area is 181 Å². The highest BCUT2D eigenvalue weighted by atomic mass is 16.7. The molecule has 1 aliphatic rings. The highest BCUT2D eigenvalue weighted by Gasteiger charge is 2.27. The number of carbonyl (C=O) groups excluding carboxylic acids is 2. The summed E-state index contributed by atoms with van der Waals surface area (Å²) in [7, 11) is 4.75. The van der Waals surface area contributed by atoms with Crippen LogP contribution in [0.5, 0.6) is 23.0 Å². The van der Waals surface area contributed by atoms with E-state index in [0.29, 0.717) is 23.7 Å². The second-order valence-electron chi connectivity index (χ2n) is 6.87. The molecule has 0 saturated carbocycles. The van der Waals surface area contributed by atoms with E-state index in [0.717, 1.165) is 17.7 Å². The molecule has 8 heteroatoms. The maximum absolute atomic E-state index is 13.3. The number of ether oxygens (including phenoxy) is 5. The number of esters is 1. The van der Waals surface area contributed by atoms with Gasteiger partial charge in [0.15, 0.2) is 28.8 Å². The van der Waals surface area contributed by atoms with Crippen molar-refractivity contribution < 1.29 is 33.3 Å². The normalized spacial score (nSPS) is 11.9. The Bertz CT molecular complexity index is 971. The summed E-state index contributed by atoms with van der Waals surface area (Å²) < 4.78 is 26.8. The second-order valence-corrected chi connectivity index (χ2v) is 6.87. The summed E-state index contributed by atoms with van der Waals surface area (Å²) in [5.74, 6) is 0.915. The highest BCUT2D eigenvalue weighted by molar-refractivity contribution is 6.09. The number of methoxy groups -OCH3 is 2. The van der Waals surface area contributed by atoms with Gasteiger partial charge in [0.1, 0.15) is 5.56 Å². The van der Waals surface area contributed by atoms with E-state index < -0.39 is 5.97 Å². The molecule has 0 saturated heterocycles. The van der Waals surface area contributed by atoms with Crippen molar-refractivity contribution in [1.29, 1.82) is 0 Å². The molecule has 2 aromatic carbocycles. The summed E-state index contributed by atoms with van der Waals surface area (Å²) in [6, 6.07) is 6.91. The van der Waals surface area contributed by atoms with Crippen LogP contribution >= 0.6 is 0 Å². The van der Waals surface area contributed by atoms with Crippen LogP contribution < -0.4 is 24.3 Å². The molecule has 0 radical (unpaired) electrons. The predicted molar refractivity (Wildman–Crippen MR) is 114 cm³/mol. The quantitative estimate of drug-likeness (QED) is 0.455. The minimum absolute atomic E-state index is 0.0613. The van der Waals surface area contributed by atoms with Crippen LogP contribution in [-0.2, 0) is 17.6 Å². The van der Waals surface area contributed by atoms with E-state index in [1.807, 2.05) is 19.2 Å². The standard InChI is InChI=1S/C23H27NO7/c1-5-29-23(26)21-16(6-7-18(27-3)22(21)28-4)17(25)10-15-12-20-19(30-13-31-20)11-14(15)8-9-24-2/h6-7,11-12,24H,5,8-10,13H2,1-4H3. The van der Waals surface area contributed by atoms with Crippen molar-refractivity contribution in [3.63, 3.8) is 0 Å². The Morgan fingerprint density at radius 3 is 2.39 bits per heavy atom. The van der Waals surface area contributed by atoms with E-state index in [1.54, 1.807) is 19.1 Å².